The average Bonchev–Trinajstić information content (AvgIpc) is 3.11. The smallest absolute Gasteiger partial charge is 0.374 e. The van der Waals surface area contributed by atoms with Crippen LogP contribution in [0.25, 0.3) is 0 Å². The SMILES string of the molecule is CCNC(=NCC1CCN(CC(F)(F)F)C1)NCCCOC(C)c1ccccc1. The Morgan fingerprint density at radius 1 is 1.28 bits per heavy atom. The maximum atomic E-state index is 12.5. The monoisotopic (exact) mass is 414 g/mol. The van der Waals surface area contributed by atoms with E-state index in [9.17, 15) is 13.2 Å². The summed E-state index contributed by atoms with van der Waals surface area (Å²) in [7, 11) is 0. The van der Waals surface area contributed by atoms with Gasteiger partial charge >= 0.3 is 6.18 Å². The molecule has 2 unspecified atom stereocenters. The Labute approximate surface area is 171 Å². The molecule has 1 aromatic carbocycles. The lowest BCUT2D eigenvalue weighted by molar-refractivity contribution is -0.143. The molecule has 164 valence electrons. The van der Waals surface area contributed by atoms with Crippen molar-refractivity contribution in [3.63, 3.8) is 0 Å². The van der Waals surface area contributed by atoms with Crippen LogP contribution in [0.2, 0.25) is 0 Å². The number of rotatable bonds is 10. The Kier molecular flexibility index (Phi) is 9.73. The molecule has 2 atom stereocenters. The Bertz CT molecular complexity index is 610. The number of hydrogen-bond donors (Lipinski definition) is 2. The fourth-order valence-corrected chi connectivity index (χ4v) is 3.38. The van der Waals surface area contributed by atoms with E-state index in [4.69, 9.17) is 4.74 Å². The van der Waals surface area contributed by atoms with Gasteiger partial charge in [0.1, 0.15) is 0 Å². The van der Waals surface area contributed by atoms with Crippen molar-refractivity contribution in [2.75, 3.05) is 45.9 Å². The molecular weight excluding hydrogens is 381 g/mol. The van der Waals surface area contributed by atoms with Gasteiger partial charge in [-0.05, 0) is 44.7 Å². The number of nitrogens with one attached hydrogen (secondary N) is 2. The zero-order chi connectivity index (χ0) is 21.1. The van der Waals surface area contributed by atoms with E-state index in [2.05, 4.69) is 27.8 Å². The molecule has 1 fully saturated rings. The summed E-state index contributed by atoms with van der Waals surface area (Å²) in [6, 6.07) is 10.1. The molecule has 29 heavy (non-hydrogen) atoms. The Morgan fingerprint density at radius 2 is 2.03 bits per heavy atom. The minimum atomic E-state index is -4.13. The summed E-state index contributed by atoms with van der Waals surface area (Å²) in [6.07, 6.45) is -2.48. The molecule has 0 aliphatic carbocycles. The highest BCUT2D eigenvalue weighted by atomic mass is 19.4. The van der Waals surface area contributed by atoms with Gasteiger partial charge < -0.3 is 15.4 Å². The standard InChI is InChI=1S/C21H33F3N4O/c1-3-25-20(27-14-18-10-12-28(15-18)16-21(22,23)24)26-11-7-13-29-17(2)19-8-5-4-6-9-19/h4-6,8-9,17-18H,3,7,10-16H2,1-2H3,(H2,25,26,27). The summed E-state index contributed by atoms with van der Waals surface area (Å²) in [6.45, 7) is 6.76. The third kappa shape index (κ3) is 9.49. The van der Waals surface area contributed by atoms with E-state index in [1.807, 2.05) is 32.0 Å². The lowest BCUT2D eigenvalue weighted by atomic mass is 10.1. The molecule has 1 aromatic rings. The molecule has 5 nitrogen and oxygen atoms in total. The normalized spacial score (nSPS) is 19.3. The van der Waals surface area contributed by atoms with Crippen LogP contribution < -0.4 is 10.6 Å². The summed E-state index contributed by atoms with van der Waals surface area (Å²) in [5, 5.41) is 6.46. The van der Waals surface area contributed by atoms with Crippen LogP contribution in [-0.4, -0.2) is 62.9 Å². The number of halogens is 3. The van der Waals surface area contributed by atoms with Crippen molar-refractivity contribution in [3.05, 3.63) is 35.9 Å². The van der Waals surface area contributed by atoms with Crippen molar-refractivity contribution in [2.24, 2.45) is 10.9 Å². The van der Waals surface area contributed by atoms with Gasteiger partial charge in [0, 0.05) is 32.8 Å². The van der Waals surface area contributed by atoms with E-state index in [1.165, 1.54) is 4.90 Å². The summed E-state index contributed by atoms with van der Waals surface area (Å²) in [5.74, 6) is 0.876. The van der Waals surface area contributed by atoms with Gasteiger partial charge in [0.05, 0.1) is 12.6 Å². The van der Waals surface area contributed by atoms with Crippen LogP contribution in [-0.2, 0) is 4.74 Å². The van der Waals surface area contributed by atoms with Gasteiger partial charge in [-0.15, -0.1) is 0 Å². The lowest BCUT2D eigenvalue weighted by Gasteiger charge is -2.17. The largest absolute Gasteiger partial charge is 0.401 e. The predicted octanol–water partition coefficient (Wildman–Crippen LogP) is 3.59. The number of aliphatic imine (C=N–C) groups is 1. The molecule has 0 amide bonds. The topological polar surface area (TPSA) is 48.9 Å². The predicted molar refractivity (Wildman–Crippen MR) is 110 cm³/mol. The first-order chi connectivity index (χ1) is 13.9. The summed E-state index contributed by atoms with van der Waals surface area (Å²) >= 11 is 0. The number of benzene rings is 1. The maximum absolute atomic E-state index is 12.5. The third-order valence-corrected chi connectivity index (χ3v) is 4.88. The van der Waals surface area contributed by atoms with Crippen LogP contribution in [0.4, 0.5) is 13.2 Å². The summed E-state index contributed by atoms with van der Waals surface area (Å²) in [4.78, 5) is 6.02. The molecule has 1 aliphatic heterocycles. The van der Waals surface area contributed by atoms with Crippen LogP contribution in [0.15, 0.2) is 35.3 Å². The second-order valence-corrected chi connectivity index (χ2v) is 7.43. The number of alkyl halides is 3. The number of hydrogen-bond acceptors (Lipinski definition) is 3. The Balaban J connectivity index is 1.66. The first kappa shape index (κ1) is 23.5. The van der Waals surface area contributed by atoms with Crippen molar-refractivity contribution in [3.8, 4) is 0 Å². The molecule has 8 heteroatoms. The van der Waals surface area contributed by atoms with Gasteiger partial charge in [-0.1, -0.05) is 30.3 Å². The van der Waals surface area contributed by atoms with E-state index >= 15 is 0 Å². The van der Waals surface area contributed by atoms with E-state index in [0.717, 1.165) is 31.5 Å². The number of guanidine groups is 1. The maximum Gasteiger partial charge on any atom is 0.401 e. The van der Waals surface area contributed by atoms with Gasteiger partial charge in [-0.2, -0.15) is 13.2 Å². The number of likely N-dealkylation sites (tertiary alicyclic amines) is 1. The zero-order valence-electron chi connectivity index (χ0n) is 17.3. The van der Waals surface area contributed by atoms with Crippen LogP contribution in [0.5, 0.6) is 0 Å². The molecule has 0 radical (unpaired) electrons. The van der Waals surface area contributed by atoms with Gasteiger partial charge in [0.25, 0.3) is 0 Å². The highest BCUT2D eigenvalue weighted by molar-refractivity contribution is 5.79. The van der Waals surface area contributed by atoms with Crippen LogP contribution in [0.3, 0.4) is 0 Å². The third-order valence-electron chi connectivity index (χ3n) is 4.88. The van der Waals surface area contributed by atoms with Gasteiger partial charge in [-0.3, -0.25) is 9.89 Å². The molecule has 0 bridgehead atoms. The van der Waals surface area contributed by atoms with Crippen molar-refractivity contribution in [1.82, 2.24) is 15.5 Å². The first-order valence-electron chi connectivity index (χ1n) is 10.3. The second kappa shape index (κ2) is 12.0. The highest BCUT2D eigenvalue weighted by Crippen LogP contribution is 2.22. The van der Waals surface area contributed by atoms with Gasteiger partial charge in [-0.25, -0.2) is 0 Å². The van der Waals surface area contributed by atoms with Crippen molar-refractivity contribution < 1.29 is 17.9 Å². The number of ether oxygens (including phenoxy) is 1. The van der Waals surface area contributed by atoms with Crippen LogP contribution >= 0.6 is 0 Å². The molecule has 0 aromatic heterocycles. The van der Waals surface area contributed by atoms with Crippen LogP contribution in [0.1, 0.15) is 38.4 Å². The Hall–Kier alpha value is -1.80. The quantitative estimate of drug-likeness (QED) is 0.349. The fraction of sp³-hybridized carbons (Fsp3) is 0.667. The van der Waals surface area contributed by atoms with E-state index < -0.39 is 12.7 Å². The average molecular weight is 415 g/mol. The molecule has 0 saturated carbocycles. The summed E-state index contributed by atoms with van der Waals surface area (Å²) < 4.78 is 43.4. The lowest BCUT2D eigenvalue weighted by Crippen LogP contribution is -2.38. The summed E-state index contributed by atoms with van der Waals surface area (Å²) in [5.41, 5.74) is 1.16. The fourth-order valence-electron chi connectivity index (χ4n) is 3.38. The number of nitrogens with zero attached hydrogens (tertiary/aromatic N) is 2. The molecule has 1 saturated heterocycles. The van der Waals surface area contributed by atoms with E-state index in [0.29, 0.717) is 32.2 Å². The van der Waals surface area contributed by atoms with E-state index in [1.54, 1.807) is 0 Å². The molecule has 2 N–H and O–H groups in total. The second-order valence-electron chi connectivity index (χ2n) is 7.43. The van der Waals surface area contributed by atoms with Crippen molar-refractivity contribution in [1.29, 1.82) is 0 Å². The molecule has 1 aliphatic rings. The van der Waals surface area contributed by atoms with Gasteiger partial charge in [0.15, 0.2) is 5.96 Å². The van der Waals surface area contributed by atoms with Gasteiger partial charge in [0.2, 0.25) is 0 Å². The molecule has 2 rings (SSSR count). The zero-order valence-corrected chi connectivity index (χ0v) is 17.3. The van der Waals surface area contributed by atoms with Crippen LogP contribution in [0, 0.1) is 5.92 Å². The van der Waals surface area contributed by atoms with Crippen molar-refractivity contribution >= 4 is 5.96 Å². The molecule has 1 heterocycles. The van der Waals surface area contributed by atoms with Crippen molar-refractivity contribution in [2.45, 2.75) is 39.0 Å². The molecule has 0 spiro atoms. The van der Waals surface area contributed by atoms with E-state index in [-0.39, 0.29) is 12.0 Å². The first-order valence-corrected chi connectivity index (χ1v) is 10.3. The Morgan fingerprint density at radius 3 is 2.72 bits per heavy atom. The minimum absolute atomic E-state index is 0.0557. The molecular formula is C21H33F3N4O. The highest BCUT2D eigenvalue weighted by Gasteiger charge is 2.34. The minimum Gasteiger partial charge on any atom is -0.374 e.